The molecule has 2 atom stereocenters. The highest BCUT2D eigenvalue weighted by molar-refractivity contribution is 6.08. The fraction of sp³-hybridized carbons (Fsp3) is 0.278. The number of halogens is 4. The summed E-state index contributed by atoms with van der Waals surface area (Å²) in [5.41, 5.74) is -0.846. The first-order valence-corrected chi connectivity index (χ1v) is 8.02. The molecule has 1 aromatic heterocycles. The van der Waals surface area contributed by atoms with E-state index in [9.17, 15) is 27.2 Å². The Bertz CT molecular complexity index is 885. The van der Waals surface area contributed by atoms with Crippen LogP contribution in [-0.4, -0.2) is 35.3 Å². The zero-order valence-corrected chi connectivity index (χ0v) is 14.1. The highest BCUT2D eigenvalue weighted by atomic mass is 19.4. The van der Waals surface area contributed by atoms with Gasteiger partial charge in [-0.2, -0.15) is 17.6 Å². The van der Waals surface area contributed by atoms with Gasteiger partial charge in [0.15, 0.2) is 0 Å². The maximum absolute atomic E-state index is 13.7. The van der Waals surface area contributed by atoms with Gasteiger partial charge in [-0.15, -0.1) is 0 Å². The number of rotatable bonds is 3. The van der Waals surface area contributed by atoms with E-state index in [-0.39, 0.29) is 17.8 Å². The Labute approximate surface area is 152 Å². The summed E-state index contributed by atoms with van der Waals surface area (Å²) in [7, 11) is 1.46. The molecule has 0 saturated carbocycles. The van der Waals surface area contributed by atoms with E-state index in [1.54, 1.807) is 0 Å². The molecule has 0 radical (unpaired) electrons. The van der Waals surface area contributed by atoms with Crippen LogP contribution in [-0.2, 0) is 15.8 Å². The lowest BCUT2D eigenvalue weighted by Gasteiger charge is -2.18. The second kappa shape index (κ2) is 6.98. The van der Waals surface area contributed by atoms with Crippen LogP contribution >= 0.6 is 0 Å². The molecule has 5 nitrogen and oxygen atoms in total. The Hall–Kier alpha value is -2.97. The molecule has 1 N–H and O–H groups in total. The van der Waals surface area contributed by atoms with Gasteiger partial charge in [0, 0.05) is 25.7 Å². The van der Waals surface area contributed by atoms with Crippen LogP contribution in [0.2, 0.25) is 0 Å². The van der Waals surface area contributed by atoms with Crippen LogP contribution in [0.1, 0.15) is 17.0 Å². The molecule has 3 rings (SSSR count). The van der Waals surface area contributed by atoms with Crippen molar-refractivity contribution in [3.05, 3.63) is 59.7 Å². The molecule has 1 aromatic carbocycles. The number of likely N-dealkylation sites (N-methyl/N-ethyl adjacent to an activating group) is 1. The topological polar surface area (TPSA) is 62.3 Å². The average Bonchev–Trinajstić information content (AvgIpc) is 2.91. The van der Waals surface area contributed by atoms with E-state index in [0.29, 0.717) is 0 Å². The Morgan fingerprint density at radius 3 is 2.67 bits per heavy atom. The van der Waals surface area contributed by atoms with E-state index in [1.165, 1.54) is 42.4 Å². The number of aromatic nitrogens is 1. The number of nitrogens with zero attached hydrogens (tertiary/aromatic N) is 2. The molecule has 2 amide bonds. The lowest BCUT2D eigenvalue weighted by molar-refractivity contribution is -0.137. The smallest absolute Gasteiger partial charge is 0.344 e. The minimum Gasteiger partial charge on any atom is -0.344 e. The summed E-state index contributed by atoms with van der Waals surface area (Å²) in [6, 6.07) is 7.22. The standard InChI is InChI=1S/C18H15F4N3O2/c1-25-9-12(10-4-2-5-11(8-10)18(20,21)22)14(17(25)27)16(26)24-13-6-3-7-23-15(13)19/h2-8,12,14H,9H2,1H3,(H,24,26)/t12-,14+/m0/s1. The first-order chi connectivity index (χ1) is 12.7. The van der Waals surface area contributed by atoms with Crippen molar-refractivity contribution in [3.63, 3.8) is 0 Å². The highest BCUT2D eigenvalue weighted by Gasteiger charge is 2.45. The van der Waals surface area contributed by atoms with Crippen molar-refractivity contribution < 1.29 is 27.2 Å². The molecule has 1 saturated heterocycles. The number of amides is 2. The number of hydrogen-bond acceptors (Lipinski definition) is 3. The number of nitrogens with one attached hydrogen (secondary N) is 1. The van der Waals surface area contributed by atoms with Crippen molar-refractivity contribution in [3.8, 4) is 0 Å². The summed E-state index contributed by atoms with van der Waals surface area (Å²) in [6.07, 6.45) is -3.34. The van der Waals surface area contributed by atoms with Crippen molar-refractivity contribution in [2.75, 3.05) is 18.9 Å². The molecule has 0 aliphatic carbocycles. The first-order valence-electron chi connectivity index (χ1n) is 8.02. The molecule has 2 aromatic rings. The van der Waals surface area contributed by atoms with E-state index in [0.717, 1.165) is 12.1 Å². The second-order valence-corrected chi connectivity index (χ2v) is 6.26. The summed E-state index contributed by atoms with van der Waals surface area (Å²) < 4.78 is 52.6. The van der Waals surface area contributed by atoms with Gasteiger partial charge >= 0.3 is 6.18 Å². The fourth-order valence-corrected chi connectivity index (χ4v) is 3.13. The number of carbonyl (C=O) groups excluding carboxylic acids is 2. The molecular formula is C18H15F4N3O2. The van der Waals surface area contributed by atoms with Crippen LogP contribution in [0, 0.1) is 11.9 Å². The van der Waals surface area contributed by atoms with Gasteiger partial charge < -0.3 is 10.2 Å². The zero-order chi connectivity index (χ0) is 19.8. The molecule has 1 fully saturated rings. The van der Waals surface area contributed by atoms with Crippen LogP contribution in [0.3, 0.4) is 0 Å². The fourth-order valence-electron chi connectivity index (χ4n) is 3.13. The third kappa shape index (κ3) is 3.76. The predicted molar refractivity (Wildman–Crippen MR) is 88.1 cm³/mol. The van der Waals surface area contributed by atoms with E-state index < -0.39 is 41.3 Å². The molecule has 27 heavy (non-hydrogen) atoms. The summed E-state index contributed by atoms with van der Waals surface area (Å²) in [5, 5.41) is 2.30. The number of alkyl halides is 3. The highest BCUT2D eigenvalue weighted by Crippen LogP contribution is 2.37. The molecular weight excluding hydrogens is 366 g/mol. The monoisotopic (exact) mass is 381 g/mol. The Balaban J connectivity index is 1.92. The Kier molecular flexibility index (Phi) is 4.86. The SMILES string of the molecule is CN1C[C@@H](c2cccc(C(F)(F)F)c2)[C@H](C(=O)Nc2cccnc2F)C1=O. The Morgan fingerprint density at radius 2 is 2.00 bits per heavy atom. The molecule has 2 heterocycles. The number of carbonyl (C=O) groups is 2. The number of anilines is 1. The van der Waals surface area contributed by atoms with E-state index in [4.69, 9.17) is 0 Å². The van der Waals surface area contributed by atoms with Gasteiger partial charge in [0.25, 0.3) is 0 Å². The Morgan fingerprint density at radius 1 is 1.26 bits per heavy atom. The maximum atomic E-state index is 13.7. The summed E-state index contributed by atoms with van der Waals surface area (Å²) in [6.45, 7) is 0.0771. The lowest BCUT2D eigenvalue weighted by atomic mass is 9.87. The normalized spacial score (nSPS) is 20.0. The quantitative estimate of drug-likeness (QED) is 0.505. The van der Waals surface area contributed by atoms with E-state index in [1.807, 2.05) is 0 Å². The van der Waals surface area contributed by atoms with Crippen molar-refractivity contribution in [1.29, 1.82) is 0 Å². The van der Waals surface area contributed by atoms with E-state index >= 15 is 0 Å². The number of likely N-dealkylation sites (tertiary alicyclic amines) is 1. The number of pyridine rings is 1. The van der Waals surface area contributed by atoms with Crippen molar-refractivity contribution >= 4 is 17.5 Å². The summed E-state index contributed by atoms with van der Waals surface area (Å²) in [5.74, 6) is -4.30. The number of hydrogen-bond donors (Lipinski definition) is 1. The maximum Gasteiger partial charge on any atom is 0.416 e. The van der Waals surface area contributed by atoms with Crippen LogP contribution in [0.5, 0.6) is 0 Å². The largest absolute Gasteiger partial charge is 0.416 e. The van der Waals surface area contributed by atoms with Crippen LogP contribution in [0.4, 0.5) is 23.2 Å². The zero-order valence-electron chi connectivity index (χ0n) is 14.1. The van der Waals surface area contributed by atoms with Gasteiger partial charge in [-0.3, -0.25) is 9.59 Å². The molecule has 142 valence electrons. The van der Waals surface area contributed by atoms with Gasteiger partial charge in [0.05, 0.1) is 11.3 Å². The molecule has 0 unspecified atom stereocenters. The van der Waals surface area contributed by atoms with Crippen LogP contribution in [0.25, 0.3) is 0 Å². The van der Waals surface area contributed by atoms with Gasteiger partial charge in [-0.25, -0.2) is 4.98 Å². The minimum atomic E-state index is -4.54. The van der Waals surface area contributed by atoms with Gasteiger partial charge in [0.2, 0.25) is 17.8 Å². The molecule has 0 bridgehead atoms. The van der Waals surface area contributed by atoms with Crippen LogP contribution < -0.4 is 5.32 Å². The van der Waals surface area contributed by atoms with Gasteiger partial charge in [-0.1, -0.05) is 18.2 Å². The summed E-state index contributed by atoms with van der Waals surface area (Å²) >= 11 is 0. The van der Waals surface area contributed by atoms with Crippen molar-refractivity contribution in [1.82, 2.24) is 9.88 Å². The molecule has 1 aliphatic heterocycles. The second-order valence-electron chi connectivity index (χ2n) is 6.26. The van der Waals surface area contributed by atoms with Gasteiger partial charge in [0.1, 0.15) is 5.92 Å². The lowest BCUT2D eigenvalue weighted by Crippen LogP contribution is -2.33. The van der Waals surface area contributed by atoms with Crippen molar-refractivity contribution in [2.45, 2.75) is 12.1 Å². The van der Waals surface area contributed by atoms with E-state index in [2.05, 4.69) is 10.3 Å². The third-order valence-corrected chi connectivity index (χ3v) is 4.46. The molecule has 9 heteroatoms. The average molecular weight is 381 g/mol. The van der Waals surface area contributed by atoms with Gasteiger partial charge in [-0.05, 0) is 23.8 Å². The minimum absolute atomic E-state index is 0.0771. The first kappa shape index (κ1) is 18.8. The summed E-state index contributed by atoms with van der Waals surface area (Å²) in [4.78, 5) is 29.7. The molecule has 1 aliphatic rings. The predicted octanol–water partition coefficient (Wildman–Crippen LogP) is 3.05. The van der Waals surface area contributed by atoms with Crippen LogP contribution in [0.15, 0.2) is 42.6 Å². The third-order valence-electron chi connectivity index (χ3n) is 4.46. The number of benzene rings is 1. The molecule has 0 spiro atoms. The van der Waals surface area contributed by atoms with Crippen molar-refractivity contribution in [2.24, 2.45) is 5.92 Å².